The molecule has 11 heavy (non-hydrogen) atoms. The Morgan fingerprint density at radius 3 is 2.82 bits per heavy atom. The van der Waals surface area contributed by atoms with Crippen molar-refractivity contribution in [2.75, 3.05) is 6.61 Å². The smallest absolute Gasteiger partial charge is 0.144 e. The third-order valence-corrected chi connectivity index (χ3v) is 1.63. The first-order chi connectivity index (χ1) is 5.36. The molecule has 0 spiro atoms. The lowest BCUT2D eigenvalue weighted by molar-refractivity contribution is -0.429. The van der Waals surface area contributed by atoms with E-state index < -0.39 is 0 Å². The quantitative estimate of drug-likeness (QED) is 0.556. The lowest BCUT2D eigenvalue weighted by Gasteiger charge is -2.25. The number of hydrogen-bond donors (Lipinski definition) is 0. The summed E-state index contributed by atoms with van der Waals surface area (Å²) in [5, 5.41) is 10.8. The second-order valence-corrected chi connectivity index (χ2v) is 2.44. The van der Waals surface area contributed by atoms with Crippen molar-refractivity contribution in [3.8, 4) is 5.75 Å². The Morgan fingerprint density at radius 2 is 2.27 bits per heavy atom. The van der Waals surface area contributed by atoms with Gasteiger partial charge in [-0.25, -0.2) is 9.78 Å². The van der Waals surface area contributed by atoms with Gasteiger partial charge in [0.2, 0.25) is 0 Å². The molecule has 3 heteroatoms. The third-order valence-electron chi connectivity index (χ3n) is 1.63. The van der Waals surface area contributed by atoms with E-state index in [2.05, 4.69) is 4.89 Å². The zero-order valence-electron chi connectivity index (χ0n) is 5.82. The van der Waals surface area contributed by atoms with Crippen molar-refractivity contribution in [2.24, 2.45) is 0 Å². The second-order valence-electron chi connectivity index (χ2n) is 2.44. The first kappa shape index (κ1) is 6.64. The van der Waals surface area contributed by atoms with Gasteiger partial charge in [0.15, 0.2) is 0 Å². The van der Waals surface area contributed by atoms with Gasteiger partial charge in [0.25, 0.3) is 0 Å². The maximum atomic E-state index is 10.8. The minimum atomic E-state index is -0.0381. The molecule has 0 aromatic heterocycles. The molecule has 1 heterocycles. The summed E-state index contributed by atoms with van der Waals surface area (Å²) in [5.74, 6) is 0.0120. The fourth-order valence-electron chi connectivity index (χ4n) is 1.00. The summed E-state index contributed by atoms with van der Waals surface area (Å²) in [6.07, 6.45) is -0.0381. The van der Waals surface area contributed by atoms with E-state index in [1.807, 2.05) is 6.07 Å². The Balaban J connectivity index is 2.23. The van der Waals surface area contributed by atoms with E-state index >= 15 is 0 Å². The molecule has 1 aromatic rings. The summed E-state index contributed by atoms with van der Waals surface area (Å²) in [7, 11) is 0. The summed E-state index contributed by atoms with van der Waals surface area (Å²) >= 11 is 0. The van der Waals surface area contributed by atoms with Crippen molar-refractivity contribution in [1.82, 2.24) is 0 Å². The molecular weight excluding hydrogens is 144 g/mol. The van der Waals surface area contributed by atoms with Crippen LogP contribution in [0.3, 0.4) is 0 Å². The lowest BCUT2D eigenvalue weighted by atomic mass is 10.1. The van der Waals surface area contributed by atoms with E-state index in [-0.39, 0.29) is 11.9 Å². The Labute approximate surface area is 64.1 Å². The highest BCUT2D eigenvalue weighted by atomic mass is 17.2. The zero-order valence-corrected chi connectivity index (χ0v) is 5.82. The molecule has 0 aliphatic carbocycles. The van der Waals surface area contributed by atoms with Crippen LogP contribution in [-0.2, 0) is 9.78 Å². The summed E-state index contributed by atoms with van der Waals surface area (Å²) in [6.45, 7) is 0.545. The van der Waals surface area contributed by atoms with E-state index in [9.17, 15) is 5.11 Å². The van der Waals surface area contributed by atoms with Crippen LogP contribution in [0, 0.1) is 0 Å². The van der Waals surface area contributed by atoms with E-state index in [0.717, 1.165) is 5.56 Å². The average Bonchev–Trinajstić information content (AvgIpc) is 1.83. The van der Waals surface area contributed by atoms with Crippen LogP contribution in [-0.4, -0.2) is 6.61 Å². The predicted octanol–water partition coefficient (Wildman–Crippen LogP) is 0.763. The number of rotatable bonds is 1. The lowest BCUT2D eigenvalue weighted by Crippen LogP contribution is -2.22. The molecular formula is C8H7O3-. The van der Waals surface area contributed by atoms with Gasteiger partial charge in [0, 0.05) is 0 Å². The van der Waals surface area contributed by atoms with E-state index in [1.54, 1.807) is 12.1 Å². The molecule has 3 nitrogen and oxygen atoms in total. The van der Waals surface area contributed by atoms with Crippen molar-refractivity contribution in [1.29, 1.82) is 0 Å². The summed E-state index contributed by atoms with van der Waals surface area (Å²) in [4.78, 5) is 9.26. The molecule has 0 bridgehead atoms. The van der Waals surface area contributed by atoms with Crippen LogP contribution in [0.25, 0.3) is 0 Å². The fourth-order valence-corrected chi connectivity index (χ4v) is 1.00. The highest BCUT2D eigenvalue weighted by molar-refractivity contribution is 5.28. The molecule has 1 saturated heterocycles. The Kier molecular flexibility index (Phi) is 1.52. The van der Waals surface area contributed by atoms with Crippen molar-refractivity contribution in [3.63, 3.8) is 0 Å². The zero-order chi connectivity index (χ0) is 7.68. The molecule has 2 rings (SSSR count). The van der Waals surface area contributed by atoms with Crippen LogP contribution in [0.4, 0.5) is 0 Å². The Morgan fingerprint density at radius 1 is 1.45 bits per heavy atom. The normalized spacial score (nSPS) is 22.7. The molecule has 1 unspecified atom stereocenters. The number of benzene rings is 1. The summed E-state index contributed by atoms with van der Waals surface area (Å²) in [5.41, 5.74) is 0.892. The highest BCUT2D eigenvalue weighted by Gasteiger charge is 2.21. The fraction of sp³-hybridized carbons (Fsp3) is 0.250. The number of hydrogen-bond acceptors (Lipinski definition) is 3. The minimum Gasteiger partial charge on any atom is -0.872 e. The maximum Gasteiger partial charge on any atom is 0.144 e. The highest BCUT2D eigenvalue weighted by Crippen LogP contribution is 2.26. The maximum absolute atomic E-state index is 10.8. The van der Waals surface area contributed by atoms with Crippen LogP contribution >= 0.6 is 0 Å². The van der Waals surface area contributed by atoms with E-state index in [4.69, 9.17) is 4.89 Å². The van der Waals surface area contributed by atoms with Gasteiger partial charge in [0.1, 0.15) is 12.7 Å². The van der Waals surface area contributed by atoms with Crippen LogP contribution in [0.5, 0.6) is 5.75 Å². The van der Waals surface area contributed by atoms with Gasteiger partial charge in [-0.2, -0.15) is 0 Å². The third kappa shape index (κ3) is 1.20. The van der Waals surface area contributed by atoms with Gasteiger partial charge < -0.3 is 5.11 Å². The van der Waals surface area contributed by atoms with Crippen molar-refractivity contribution in [2.45, 2.75) is 6.10 Å². The van der Waals surface area contributed by atoms with Crippen LogP contribution in [0.2, 0.25) is 0 Å². The first-order valence-corrected chi connectivity index (χ1v) is 3.41. The topological polar surface area (TPSA) is 41.5 Å². The first-order valence-electron chi connectivity index (χ1n) is 3.41. The van der Waals surface area contributed by atoms with E-state index in [1.165, 1.54) is 6.07 Å². The van der Waals surface area contributed by atoms with Crippen LogP contribution < -0.4 is 5.11 Å². The van der Waals surface area contributed by atoms with Gasteiger partial charge in [-0.1, -0.05) is 24.3 Å². The van der Waals surface area contributed by atoms with Crippen molar-refractivity contribution >= 4 is 0 Å². The molecule has 1 aliphatic rings. The molecule has 0 saturated carbocycles. The van der Waals surface area contributed by atoms with Crippen LogP contribution in [0.1, 0.15) is 11.7 Å². The van der Waals surface area contributed by atoms with Gasteiger partial charge in [0.05, 0.1) is 0 Å². The predicted molar refractivity (Wildman–Crippen MR) is 35.7 cm³/mol. The molecule has 0 amide bonds. The minimum absolute atomic E-state index is 0.0120. The van der Waals surface area contributed by atoms with Crippen molar-refractivity contribution in [3.05, 3.63) is 29.8 Å². The largest absolute Gasteiger partial charge is 0.872 e. The molecule has 0 radical (unpaired) electrons. The Bertz CT molecular complexity index is 255. The SMILES string of the molecule is [O-]c1cccc(C2COO2)c1. The molecule has 0 N–H and O–H groups in total. The molecule has 1 fully saturated rings. The molecule has 1 aliphatic heterocycles. The van der Waals surface area contributed by atoms with Gasteiger partial charge >= 0.3 is 0 Å². The van der Waals surface area contributed by atoms with E-state index in [0.29, 0.717) is 6.61 Å². The standard InChI is InChI=1S/C8H8O3/c9-7-3-1-2-6(4-7)8-5-10-11-8/h1-4,8-9H,5H2/p-1. The summed E-state index contributed by atoms with van der Waals surface area (Å²) < 4.78 is 0. The molecule has 58 valence electrons. The monoisotopic (exact) mass is 151 g/mol. The Hall–Kier alpha value is -1.06. The van der Waals surface area contributed by atoms with Gasteiger partial charge in [-0.3, -0.25) is 0 Å². The molecule has 1 aromatic carbocycles. The molecule has 1 atom stereocenters. The van der Waals surface area contributed by atoms with Crippen LogP contribution in [0.15, 0.2) is 24.3 Å². The van der Waals surface area contributed by atoms with Gasteiger partial charge in [-0.15, -0.1) is 5.75 Å². The average molecular weight is 151 g/mol. The summed E-state index contributed by atoms with van der Waals surface area (Å²) in [6, 6.07) is 6.66. The van der Waals surface area contributed by atoms with Gasteiger partial charge in [-0.05, 0) is 5.56 Å². The van der Waals surface area contributed by atoms with Crippen molar-refractivity contribution < 1.29 is 14.9 Å². The second kappa shape index (κ2) is 2.53.